The number of aromatic nitrogens is 2. The summed E-state index contributed by atoms with van der Waals surface area (Å²) < 4.78 is 21.4. The van der Waals surface area contributed by atoms with Crippen LogP contribution in [-0.2, 0) is 5.54 Å². The van der Waals surface area contributed by atoms with Gasteiger partial charge in [-0.1, -0.05) is 12.1 Å². The van der Waals surface area contributed by atoms with Gasteiger partial charge in [0.1, 0.15) is 5.69 Å². The zero-order chi connectivity index (χ0) is 18.2. The van der Waals surface area contributed by atoms with Gasteiger partial charge in [0, 0.05) is 11.3 Å². The average Bonchev–Trinajstić information content (AvgIpc) is 2.82. The quantitative estimate of drug-likeness (QED) is 0.902. The van der Waals surface area contributed by atoms with Crippen LogP contribution in [0.1, 0.15) is 61.4 Å². The van der Waals surface area contributed by atoms with Crippen molar-refractivity contribution < 1.29 is 13.9 Å². The molecule has 1 atom stereocenters. The smallest absolute Gasteiger partial charge is 0.272 e. The van der Waals surface area contributed by atoms with E-state index >= 15 is 0 Å². The van der Waals surface area contributed by atoms with Crippen LogP contribution >= 0.6 is 0 Å². The highest BCUT2D eigenvalue weighted by Crippen LogP contribution is 2.33. The van der Waals surface area contributed by atoms with Gasteiger partial charge < -0.3 is 10.1 Å². The van der Waals surface area contributed by atoms with Crippen molar-refractivity contribution in [1.82, 2.24) is 15.1 Å². The molecule has 1 N–H and O–H groups in total. The third-order valence-electron chi connectivity index (χ3n) is 4.32. The summed E-state index contributed by atoms with van der Waals surface area (Å²) in [5.41, 5.74) is 1.77. The third-order valence-corrected chi connectivity index (χ3v) is 4.32. The molecule has 2 aromatic rings. The standard InChI is InChI=1S/C19H24FN3O2/c1-12-11-16(22-23(12)19(2,3)4)18(24)21-15-9-6-10-25-17-13(15)7-5-8-14(17)20/h5,7-8,11,15H,6,9-10H2,1-4H3,(H,21,24)/t15-/m1/s1. The molecule has 2 heterocycles. The number of amides is 1. The highest BCUT2D eigenvalue weighted by Gasteiger charge is 2.26. The summed E-state index contributed by atoms with van der Waals surface area (Å²) in [6, 6.07) is 6.30. The number of nitrogens with zero attached hydrogens (tertiary/aromatic N) is 2. The summed E-state index contributed by atoms with van der Waals surface area (Å²) >= 11 is 0. The maximum atomic E-state index is 14.0. The number of rotatable bonds is 2. The Balaban J connectivity index is 1.86. The van der Waals surface area contributed by atoms with Crippen LogP contribution in [0.5, 0.6) is 5.75 Å². The van der Waals surface area contributed by atoms with E-state index in [-0.39, 0.29) is 23.2 Å². The van der Waals surface area contributed by atoms with Gasteiger partial charge in [0.25, 0.3) is 5.91 Å². The Bertz CT molecular complexity index is 792. The van der Waals surface area contributed by atoms with Crippen LogP contribution in [0.4, 0.5) is 4.39 Å². The Kier molecular flexibility index (Phi) is 4.54. The first-order chi connectivity index (χ1) is 11.8. The minimum atomic E-state index is -0.397. The second kappa shape index (κ2) is 6.50. The SMILES string of the molecule is Cc1cc(C(=O)N[C@@H]2CCCOc3c(F)cccc32)nn1C(C)(C)C. The van der Waals surface area contributed by atoms with Crippen molar-refractivity contribution in [3.8, 4) is 5.75 Å². The Morgan fingerprint density at radius 3 is 2.84 bits per heavy atom. The fourth-order valence-corrected chi connectivity index (χ4v) is 3.22. The van der Waals surface area contributed by atoms with Gasteiger partial charge in [0.05, 0.1) is 18.2 Å². The molecule has 0 aliphatic carbocycles. The van der Waals surface area contributed by atoms with Gasteiger partial charge in [0.15, 0.2) is 11.6 Å². The van der Waals surface area contributed by atoms with E-state index in [2.05, 4.69) is 10.4 Å². The molecule has 1 aromatic heterocycles. The lowest BCUT2D eigenvalue weighted by atomic mass is 10.0. The van der Waals surface area contributed by atoms with Gasteiger partial charge in [-0.25, -0.2) is 4.39 Å². The van der Waals surface area contributed by atoms with Crippen LogP contribution < -0.4 is 10.1 Å². The van der Waals surface area contributed by atoms with Crippen LogP contribution in [0.15, 0.2) is 24.3 Å². The maximum absolute atomic E-state index is 14.0. The molecule has 5 nitrogen and oxygen atoms in total. The van der Waals surface area contributed by atoms with Crippen LogP contribution in [-0.4, -0.2) is 22.3 Å². The lowest BCUT2D eigenvalue weighted by Gasteiger charge is -2.21. The number of para-hydroxylation sites is 1. The molecule has 1 aliphatic rings. The molecule has 1 aromatic carbocycles. The number of carbonyl (C=O) groups is 1. The second-order valence-corrected chi connectivity index (χ2v) is 7.43. The molecule has 0 unspecified atom stereocenters. The number of nitrogens with one attached hydrogen (secondary N) is 1. The van der Waals surface area contributed by atoms with Crippen molar-refractivity contribution in [3.05, 3.63) is 47.0 Å². The zero-order valence-corrected chi connectivity index (χ0v) is 15.1. The van der Waals surface area contributed by atoms with Crippen molar-refractivity contribution in [3.63, 3.8) is 0 Å². The zero-order valence-electron chi connectivity index (χ0n) is 15.1. The predicted octanol–water partition coefficient (Wildman–Crippen LogP) is 3.73. The number of hydrogen-bond donors (Lipinski definition) is 1. The van der Waals surface area contributed by atoms with E-state index in [0.717, 1.165) is 12.1 Å². The van der Waals surface area contributed by atoms with Gasteiger partial charge >= 0.3 is 0 Å². The van der Waals surface area contributed by atoms with E-state index in [1.807, 2.05) is 32.4 Å². The van der Waals surface area contributed by atoms with Crippen LogP contribution in [0.2, 0.25) is 0 Å². The number of carbonyl (C=O) groups excluding carboxylic acids is 1. The summed E-state index contributed by atoms with van der Waals surface area (Å²) in [6.07, 6.45) is 1.44. The Labute approximate surface area is 147 Å². The van der Waals surface area contributed by atoms with Gasteiger partial charge in [0.2, 0.25) is 0 Å². The average molecular weight is 345 g/mol. The normalized spacial score (nSPS) is 17.4. The molecule has 6 heteroatoms. The molecule has 1 amide bonds. The van der Waals surface area contributed by atoms with Gasteiger partial charge in [-0.2, -0.15) is 5.10 Å². The van der Waals surface area contributed by atoms with Crippen LogP contribution in [0, 0.1) is 12.7 Å². The van der Waals surface area contributed by atoms with Crippen molar-refractivity contribution in [2.24, 2.45) is 0 Å². The van der Waals surface area contributed by atoms with Crippen LogP contribution in [0.3, 0.4) is 0 Å². The minimum absolute atomic E-state index is 0.200. The van der Waals surface area contributed by atoms with E-state index in [9.17, 15) is 9.18 Å². The number of aryl methyl sites for hydroxylation is 1. The van der Waals surface area contributed by atoms with E-state index < -0.39 is 5.82 Å². The summed E-state index contributed by atoms with van der Waals surface area (Å²) in [4.78, 5) is 12.7. The van der Waals surface area contributed by atoms with Gasteiger partial charge in [-0.15, -0.1) is 0 Å². The summed E-state index contributed by atoms with van der Waals surface area (Å²) in [5.74, 6) is -0.415. The van der Waals surface area contributed by atoms with Crippen molar-refractivity contribution in [2.75, 3.05) is 6.61 Å². The summed E-state index contributed by atoms with van der Waals surface area (Å²) in [5, 5.41) is 7.43. The molecule has 0 fully saturated rings. The van der Waals surface area contributed by atoms with Crippen molar-refractivity contribution in [2.45, 2.75) is 52.1 Å². The molecular weight excluding hydrogens is 321 g/mol. The highest BCUT2D eigenvalue weighted by molar-refractivity contribution is 5.92. The number of benzene rings is 1. The largest absolute Gasteiger partial charge is 0.490 e. The van der Waals surface area contributed by atoms with Crippen molar-refractivity contribution >= 4 is 5.91 Å². The molecular formula is C19H24FN3O2. The third kappa shape index (κ3) is 3.52. The predicted molar refractivity (Wildman–Crippen MR) is 93.3 cm³/mol. The van der Waals surface area contributed by atoms with E-state index in [0.29, 0.717) is 24.3 Å². The van der Waals surface area contributed by atoms with E-state index in [1.54, 1.807) is 18.2 Å². The lowest BCUT2D eigenvalue weighted by Crippen LogP contribution is -2.30. The number of fused-ring (bicyclic) bond motifs is 1. The van der Waals surface area contributed by atoms with Gasteiger partial charge in [-0.05, 0) is 52.7 Å². The molecule has 3 rings (SSSR count). The monoisotopic (exact) mass is 345 g/mol. The first-order valence-electron chi connectivity index (χ1n) is 8.56. The minimum Gasteiger partial charge on any atom is -0.490 e. The highest BCUT2D eigenvalue weighted by atomic mass is 19.1. The molecule has 134 valence electrons. The molecule has 1 aliphatic heterocycles. The van der Waals surface area contributed by atoms with Crippen molar-refractivity contribution in [1.29, 1.82) is 0 Å². The summed E-state index contributed by atoms with van der Waals surface area (Å²) in [6.45, 7) is 8.49. The first-order valence-corrected chi connectivity index (χ1v) is 8.56. The number of halogens is 1. The lowest BCUT2D eigenvalue weighted by molar-refractivity contribution is 0.0928. The fraction of sp³-hybridized carbons (Fsp3) is 0.474. The van der Waals surface area contributed by atoms with Crippen LogP contribution in [0.25, 0.3) is 0 Å². The first kappa shape index (κ1) is 17.5. The molecule has 0 saturated heterocycles. The fourth-order valence-electron chi connectivity index (χ4n) is 3.22. The molecule has 0 saturated carbocycles. The summed E-state index contributed by atoms with van der Waals surface area (Å²) in [7, 11) is 0. The van der Waals surface area contributed by atoms with E-state index in [1.165, 1.54) is 6.07 Å². The topological polar surface area (TPSA) is 56.1 Å². The Hall–Kier alpha value is -2.37. The molecule has 0 bridgehead atoms. The number of hydrogen-bond acceptors (Lipinski definition) is 3. The second-order valence-electron chi connectivity index (χ2n) is 7.43. The Morgan fingerprint density at radius 2 is 2.16 bits per heavy atom. The molecule has 0 spiro atoms. The number of ether oxygens (including phenoxy) is 1. The van der Waals surface area contributed by atoms with Gasteiger partial charge in [-0.3, -0.25) is 9.48 Å². The van der Waals surface area contributed by atoms with E-state index in [4.69, 9.17) is 4.74 Å². The maximum Gasteiger partial charge on any atom is 0.272 e. The molecule has 25 heavy (non-hydrogen) atoms. The molecule has 0 radical (unpaired) electrons. The Morgan fingerprint density at radius 1 is 1.40 bits per heavy atom.